The van der Waals surface area contributed by atoms with E-state index in [4.69, 9.17) is 4.74 Å². The maximum Gasteiger partial charge on any atom is 0.252 e. The maximum absolute atomic E-state index is 12.7. The minimum absolute atomic E-state index is 0.0958. The molecule has 0 bridgehead atoms. The summed E-state index contributed by atoms with van der Waals surface area (Å²) in [7, 11) is -3.25. The number of aromatic nitrogens is 1. The molecule has 3 heterocycles. The van der Waals surface area contributed by atoms with Gasteiger partial charge in [0.05, 0.1) is 11.3 Å². The lowest BCUT2D eigenvalue weighted by Gasteiger charge is -2.38. The van der Waals surface area contributed by atoms with Gasteiger partial charge in [-0.2, -0.15) is 0 Å². The van der Waals surface area contributed by atoms with E-state index in [2.05, 4.69) is 10.3 Å². The number of amides is 1. The van der Waals surface area contributed by atoms with Crippen molar-refractivity contribution in [2.45, 2.75) is 32.6 Å². The molecule has 1 atom stereocenters. The maximum atomic E-state index is 12.7. The van der Waals surface area contributed by atoms with Crippen molar-refractivity contribution in [2.24, 2.45) is 11.3 Å². The van der Waals surface area contributed by atoms with Gasteiger partial charge >= 0.3 is 0 Å². The third-order valence-electron chi connectivity index (χ3n) is 5.85. The molecular formula is C19H29N3O4S. The fourth-order valence-electron chi connectivity index (χ4n) is 4.09. The third-order valence-corrected chi connectivity index (χ3v) is 7.72. The molecule has 1 spiro atoms. The molecule has 1 aromatic heterocycles. The zero-order chi connectivity index (χ0) is 19.3. The van der Waals surface area contributed by atoms with Crippen LogP contribution in [0.4, 0.5) is 0 Å². The van der Waals surface area contributed by atoms with E-state index < -0.39 is 10.0 Å². The predicted octanol–water partition coefficient (Wildman–Crippen LogP) is 1.67. The molecule has 1 N–H and O–H groups in total. The fourth-order valence-corrected chi connectivity index (χ4v) is 5.87. The lowest BCUT2D eigenvalue weighted by atomic mass is 9.72. The Hall–Kier alpha value is -1.51. The van der Waals surface area contributed by atoms with Crippen molar-refractivity contribution in [1.82, 2.24) is 14.6 Å². The van der Waals surface area contributed by atoms with E-state index in [1.807, 2.05) is 6.92 Å². The molecule has 1 unspecified atom stereocenters. The highest BCUT2D eigenvalue weighted by Gasteiger charge is 2.50. The van der Waals surface area contributed by atoms with Gasteiger partial charge < -0.3 is 10.1 Å². The van der Waals surface area contributed by atoms with E-state index in [0.717, 1.165) is 19.3 Å². The van der Waals surface area contributed by atoms with Crippen LogP contribution in [-0.4, -0.2) is 62.2 Å². The molecule has 2 aliphatic rings. The average molecular weight is 396 g/mol. The number of hydrogen-bond acceptors (Lipinski definition) is 5. The first-order valence-electron chi connectivity index (χ1n) is 9.71. The second-order valence-electron chi connectivity index (χ2n) is 7.59. The first kappa shape index (κ1) is 20.2. The number of carbonyl (C=O) groups is 1. The number of nitrogens with one attached hydrogen (secondary N) is 1. The van der Waals surface area contributed by atoms with Crippen molar-refractivity contribution >= 4 is 15.9 Å². The quantitative estimate of drug-likeness (QED) is 0.759. The van der Waals surface area contributed by atoms with Crippen LogP contribution in [0.25, 0.3) is 0 Å². The Kier molecular flexibility index (Phi) is 6.49. The van der Waals surface area contributed by atoms with Crippen molar-refractivity contribution in [3.05, 3.63) is 30.1 Å². The van der Waals surface area contributed by atoms with E-state index >= 15 is 0 Å². The molecule has 150 valence electrons. The Morgan fingerprint density at radius 1 is 1.41 bits per heavy atom. The Labute approximate surface area is 161 Å². The summed E-state index contributed by atoms with van der Waals surface area (Å²) in [6.07, 6.45) is 6.37. The van der Waals surface area contributed by atoms with E-state index in [1.54, 1.807) is 22.6 Å². The largest absolute Gasteiger partial charge is 0.381 e. The molecule has 0 radical (unpaired) electrons. The first-order chi connectivity index (χ1) is 13.0. The van der Waals surface area contributed by atoms with Gasteiger partial charge in [-0.1, -0.05) is 13.3 Å². The summed E-state index contributed by atoms with van der Waals surface area (Å²) in [5.74, 6) is 0.126. The highest BCUT2D eigenvalue weighted by Crippen LogP contribution is 2.45. The van der Waals surface area contributed by atoms with Crippen molar-refractivity contribution in [2.75, 3.05) is 38.6 Å². The summed E-state index contributed by atoms with van der Waals surface area (Å²) in [5, 5.41) is 2.99. The Morgan fingerprint density at radius 3 is 2.85 bits per heavy atom. The summed E-state index contributed by atoms with van der Waals surface area (Å²) in [6.45, 7) is 4.77. The number of unbranched alkanes of at least 4 members (excludes halogenated alkanes) is 1. The summed E-state index contributed by atoms with van der Waals surface area (Å²) < 4.78 is 32.6. The molecular weight excluding hydrogens is 366 g/mol. The fraction of sp³-hybridized carbons (Fsp3) is 0.684. The van der Waals surface area contributed by atoms with Crippen LogP contribution in [0.3, 0.4) is 0 Å². The third kappa shape index (κ3) is 4.67. The van der Waals surface area contributed by atoms with Gasteiger partial charge in [-0.25, -0.2) is 12.7 Å². The SMILES string of the molecule is CCCCS(=O)(=O)N1CC(CNC(=O)c2cccnc2)C2(CCOCC2)C1. The van der Waals surface area contributed by atoms with Crippen molar-refractivity contribution in [3.8, 4) is 0 Å². The average Bonchev–Trinajstić information content (AvgIpc) is 3.04. The van der Waals surface area contributed by atoms with Crippen LogP contribution in [0.5, 0.6) is 0 Å². The molecule has 1 amide bonds. The summed E-state index contributed by atoms with van der Waals surface area (Å²) in [5.41, 5.74) is 0.406. The number of ether oxygens (including phenoxy) is 1. The van der Waals surface area contributed by atoms with Crippen LogP contribution in [0, 0.1) is 11.3 Å². The zero-order valence-corrected chi connectivity index (χ0v) is 16.7. The Bertz CT molecular complexity index is 733. The van der Waals surface area contributed by atoms with Gasteiger partial charge in [0.2, 0.25) is 10.0 Å². The molecule has 8 heteroatoms. The standard InChI is InChI=1S/C19H29N3O4S/c1-2-3-11-27(24,25)22-14-17(19(15-22)6-9-26-10-7-19)13-21-18(23)16-5-4-8-20-12-16/h4-5,8,12,17H,2-3,6-7,9-11,13-15H2,1H3,(H,21,23). The first-order valence-corrected chi connectivity index (χ1v) is 11.3. The molecule has 0 aliphatic carbocycles. The molecule has 0 saturated carbocycles. The summed E-state index contributed by atoms with van der Waals surface area (Å²) >= 11 is 0. The van der Waals surface area contributed by atoms with Gasteiger partial charge in [0.15, 0.2) is 0 Å². The van der Waals surface area contributed by atoms with Gasteiger partial charge in [0, 0.05) is 45.2 Å². The molecule has 7 nitrogen and oxygen atoms in total. The molecule has 3 rings (SSSR count). The van der Waals surface area contributed by atoms with Gasteiger partial charge in [-0.15, -0.1) is 0 Å². The van der Waals surface area contributed by atoms with Gasteiger partial charge in [-0.05, 0) is 42.7 Å². The van der Waals surface area contributed by atoms with Crippen LogP contribution in [0.2, 0.25) is 0 Å². The van der Waals surface area contributed by atoms with Gasteiger partial charge in [0.25, 0.3) is 5.91 Å². The summed E-state index contributed by atoms with van der Waals surface area (Å²) in [4.78, 5) is 16.4. The lowest BCUT2D eigenvalue weighted by Crippen LogP contribution is -2.42. The number of rotatable bonds is 7. The highest BCUT2D eigenvalue weighted by atomic mass is 32.2. The van der Waals surface area contributed by atoms with Crippen molar-refractivity contribution in [3.63, 3.8) is 0 Å². The minimum Gasteiger partial charge on any atom is -0.381 e. The molecule has 0 aromatic carbocycles. The molecule has 2 saturated heterocycles. The molecule has 1 aromatic rings. The number of carbonyl (C=O) groups excluding carboxylic acids is 1. The van der Waals surface area contributed by atoms with Crippen LogP contribution in [0.15, 0.2) is 24.5 Å². The van der Waals surface area contributed by atoms with Crippen LogP contribution in [-0.2, 0) is 14.8 Å². The minimum atomic E-state index is -3.25. The Balaban J connectivity index is 1.70. The topological polar surface area (TPSA) is 88.6 Å². The molecule has 2 fully saturated rings. The number of sulfonamides is 1. The summed E-state index contributed by atoms with van der Waals surface area (Å²) in [6, 6.07) is 3.45. The van der Waals surface area contributed by atoms with Crippen molar-refractivity contribution < 1.29 is 17.9 Å². The molecule has 2 aliphatic heterocycles. The number of nitrogens with zero attached hydrogens (tertiary/aromatic N) is 2. The van der Waals surface area contributed by atoms with E-state index in [0.29, 0.717) is 44.8 Å². The number of pyridine rings is 1. The van der Waals surface area contributed by atoms with E-state index in [1.165, 1.54) is 6.20 Å². The predicted molar refractivity (Wildman–Crippen MR) is 103 cm³/mol. The van der Waals surface area contributed by atoms with E-state index in [-0.39, 0.29) is 23.0 Å². The monoisotopic (exact) mass is 395 g/mol. The Morgan fingerprint density at radius 2 is 2.19 bits per heavy atom. The lowest BCUT2D eigenvalue weighted by molar-refractivity contribution is 0.00160. The highest BCUT2D eigenvalue weighted by molar-refractivity contribution is 7.89. The smallest absolute Gasteiger partial charge is 0.252 e. The molecule has 27 heavy (non-hydrogen) atoms. The van der Waals surface area contributed by atoms with Crippen molar-refractivity contribution in [1.29, 1.82) is 0 Å². The van der Waals surface area contributed by atoms with Crippen LogP contribution >= 0.6 is 0 Å². The van der Waals surface area contributed by atoms with Crippen LogP contribution in [0.1, 0.15) is 43.0 Å². The second kappa shape index (κ2) is 8.67. The van der Waals surface area contributed by atoms with Gasteiger partial charge in [-0.3, -0.25) is 9.78 Å². The van der Waals surface area contributed by atoms with Crippen LogP contribution < -0.4 is 5.32 Å². The number of hydrogen-bond donors (Lipinski definition) is 1. The van der Waals surface area contributed by atoms with E-state index in [9.17, 15) is 13.2 Å². The normalized spacial score (nSPS) is 22.8. The second-order valence-corrected chi connectivity index (χ2v) is 9.67. The van der Waals surface area contributed by atoms with Gasteiger partial charge in [0.1, 0.15) is 0 Å². The zero-order valence-electron chi connectivity index (χ0n) is 15.9.